The van der Waals surface area contributed by atoms with Gasteiger partial charge in [-0.15, -0.1) is 0 Å². The maximum Gasteiger partial charge on any atom is 0.119 e. The summed E-state index contributed by atoms with van der Waals surface area (Å²) in [5.74, 6) is 1.01. The van der Waals surface area contributed by atoms with E-state index in [1.54, 1.807) is 0 Å². The molecule has 0 aliphatic heterocycles. The molecule has 0 radical (unpaired) electrons. The molecule has 0 bridgehead atoms. The van der Waals surface area contributed by atoms with Gasteiger partial charge >= 0.3 is 0 Å². The molecule has 1 saturated carbocycles. The minimum Gasteiger partial charge on any atom is -0.490 e. The average Bonchev–Trinajstić information content (AvgIpc) is 3.09. The summed E-state index contributed by atoms with van der Waals surface area (Å²) < 4.78 is 5.81. The topological polar surface area (TPSA) is 35.2 Å². The van der Waals surface area contributed by atoms with Crippen LogP contribution < -0.4 is 10.5 Å². The van der Waals surface area contributed by atoms with Crippen molar-refractivity contribution in [2.75, 3.05) is 0 Å². The Labute approximate surface area is 111 Å². The van der Waals surface area contributed by atoms with Crippen molar-refractivity contribution in [3.05, 3.63) is 29.8 Å². The van der Waals surface area contributed by atoms with Gasteiger partial charge in [0.1, 0.15) is 5.75 Å². The van der Waals surface area contributed by atoms with Crippen LogP contribution in [0.3, 0.4) is 0 Å². The lowest BCUT2D eigenvalue weighted by atomic mass is 9.84. The molecule has 2 rings (SSSR count). The Morgan fingerprint density at radius 3 is 2.67 bits per heavy atom. The molecule has 100 valence electrons. The van der Waals surface area contributed by atoms with Crippen LogP contribution in [0.25, 0.3) is 0 Å². The number of hydrogen-bond acceptors (Lipinski definition) is 2. The van der Waals surface area contributed by atoms with Gasteiger partial charge < -0.3 is 10.5 Å². The van der Waals surface area contributed by atoms with Crippen LogP contribution in [-0.2, 0) is 6.42 Å². The van der Waals surface area contributed by atoms with Crippen molar-refractivity contribution in [3.8, 4) is 5.75 Å². The number of hydrogen-bond donors (Lipinski definition) is 1. The van der Waals surface area contributed by atoms with Crippen molar-refractivity contribution in [2.45, 2.75) is 58.6 Å². The van der Waals surface area contributed by atoms with Gasteiger partial charge in [-0.2, -0.15) is 0 Å². The highest BCUT2D eigenvalue weighted by molar-refractivity contribution is 5.29. The van der Waals surface area contributed by atoms with Gasteiger partial charge in [0.05, 0.1) is 6.10 Å². The second kappa shape index (κ2) is 5.31. The smallest absolute Gasteiger partial charge is 0.119 e. The first kappa shape index (κ1) is 13.4. The Morgan fingerprint density at radius 2 is 2.06 bits per heavy atom. The van der Waals surface area contributed by atoms with E-state index in [-0.39, 0.29) is 11.5 Å². The van der Waals surface area contributed by atoms with Crippen LogP contribution in [0.1, 0.15) is 45.6 Å². The van der Waals surface area contributed by atoms with Crippen LogP contribution in [0, 0.1) is 5.41 Å². The molecule has 1 aliphatic carbocycles. The summed E-state index contributed by atoms with van der Waals surface area (Å²) in [6.07, 6.45) is 4.94. The Morgan fingerprint density at radius 1 is 1.33 bits per heavy atom. The fraction of sp³-hybridized carbons (Fsp3) is 0.625. The molecule has 0 amide bonds. The highest BCUT2D eigenvalue weighted by Gasteiger charge is 2.23. The van der Waals surface area contributed by atoms with E-state index in [4.69, 9.17) is 10.5 Å². The Hall–Kier alpha value is -1.02. The van der Waals surface area contributed by atoms with Crippen molar-refractivity contribution in [3.63, 3.8) is 0 Å². The number of nitrogens with two attached hydrogens (primary N) is 1. The van der Waals surface area contributed by atoms with Crippen molar-refractivity contribution in [1.82, 2.24) is 0 Å². The summed E-state index contributed by atoms with van der Waals surface area (Å²) in [7, 11) is 0. The predicted octanol–water partition coefficient (Wildman–Crippen LogP) is 3.53. The predicted molar refractivity (Wildman–Crippen MR) is 75.8 cm³/mol. The molecule has 2 heteroatoms. The third kappa shape index (κ3) is 4.02. The van der Waals surface area contributed by atoms with Gasteiger partial charge in [0.15, 0.2) is 0 Å². The standard InChI is InChI=1S/C16H25NO/c1-16(2,3)15(17)10-7-12-5-4-6-14(11-12)18-13-8-9-13/h4-6,11,13,15H,7-10,17H2,1-3H3. The summed E-state index contributed by atoms with van der Waals surface area (Å²) in [6.45, 7) is 6.60. The van der Waals surface area contributed by atoms with Crippen molar-refractivity contribution in [1.29, 1.82) is 0 Å². The molecule has 0 saturated heterocycles. The first-order chi connectivity index (χ1) is 8.45. The molecule has 2 nitrogen and oxygen atoms in total. The van der Waals surface area contributed by atoms with Crippen LogP contribution in [0.2, 0.25) is 0 Å². The summed E-state index contributed by atoms with van der Waals surface area (Å²) >= 11 is 0. The SMILES string of the molecule is CC(C)(C)C(N)CCc1cccc(OC2CC2)c1. The molecule has 0 heterocycles. The molecule has 1 aromatic rings. The Bertz CT molecular complexity index is 390. The van der Waals surface area contributed by atoms with Gasteiger partial charge in [-0.3, -0.25) is 0 Å². The van der Waals surface area contributed by atoms with E-state index in [0.29, 0.717) is 6.10 Å². The van der Waals surface area contributed by atoms with Gasteiger partial charge in [-0.05, 0) is 48.8 Å². The average molecular weight is 247 g/mol. The lowest BCUT2D eigenvalue weighted by Crippen LogP contribution is -2.35. The van der Waals surface area contributed by atoms with Crippen molar-refractivity contribution >= 4 is 0 Å². The molecular weight excluding hydrogens is 222 g/mol. The van der Waals surface area contributed by atoms with Crippen LogP contribution in [0.5, 0.6) is 5.75 Å². The van der Waals surface area contributed by atoms with E-state index in [9.17, 15) is 0 Å². The van der Waals surface area contributed by atoms with Crippen molar-refractivity contribution < 1.29 is 4.74 Å². The molecule has 1 atom stereocenters. The maximum absolute atomic E-state index is 6.20. The molecule has 18 heavy (non-hydrogen) atoms. The molecule has 2 N–H and O–H groups in total. The summed E-state index contributed by atoms with van der Waals surface area (Å²) in [4.78, 5) is 0. The van der Waals surface area contributed by atoms with Crippen LogP contribution in [-0.4, -0.2) is 12.1 Å². The lowest BCUT2D eigenvalue weighted by Gasteiger charge is -2.27. The largest absolute Gasteiger partial charge is 0.490 e. The zero-order chi connectivity index (χ0) is 13.2. The minimum atomic E-state index is 0.183. The molecule has 0 aromatic heterocycles. The monoisotopic (exact) mass is 247 g/mol. The van der Waals surface area contributed by atoms with E-state index >= 15 is 0 Å². The zero-order valence-electron chi connectivity index (χ0n) is 11.8. The second-order valence-corrected chi connectivity index (χ2v) is 6.48. The first-order valence-electron chi connectivity index (χ1n) is 6.96. The number of aryl methyl sites for hydroxylation is 1. The van der Waals surface area contributed by atoms with Gasteiger partial charge in [-0.1, -0.05) is 32.9 Å². The van der Waals surface area contributed by atoms with E-state index in [0.717, 1.165) is 18.6 Å². The number of benzene rings is 1. The van der Waals surface area contributed by atoms with E-state index < -0.39 is 0 Å². The number of rotatable bonds is 5. The van der Waals surface area contributed by atoms with Crippen LogP contribution >= 0.6 is 0 Å². The minimum absolute atomic E-state index is 0.183. The van der Waals surface area contributed by atoms with Gasteiger partial charge in [0, 0.05) is 6.04 Å². The Balaban J connectivity index is 1.88. The molecular formula is C16H25NO. The molecule has 1 aromatic carbocycles. The van der Waals surface area contributed by atoms with E-state index in [1.807, 2.05) is 6.07 Å². The van der Waals surface area contributed by atoms with Gasteiger partial charge in [0.25, 0.3) is 0 Å². The fourth-order valence-corrected chi connectivity index (χ4v) is 1.91. The maximum atomic E-state index is 6.20. The molecule has 0 spiro atoms. The van der Waals surface area contributed by atoms with Crippen LogP contribution in [0.4, 0.5) is 0 Å². The molecule has 1 unspecified atom stereocenters. The second-order valence-electron chi connectivity index (χ2n) is 6.48. The summed E-state index contributed by atoms with van der Waals surface area (Å²) in [6, 6.07) is 8.69. The molecule has 1 aliphatic rings. The summed E-state index contributed by atoms with van der Waals surface area (Å²) in [5.41, 5.74) is 7.71. The lowest BCUT2D eigenvalue weighted by molar-refractivity contribution is 0.300. The Kier molecular flexibility index (Phi) is 3.96. The first-order valence-corrected chi connectivity index (χ1v) is 6.96. The summed E-state index contributed by atoms with van der Waals surface area (Å²) in [5, 5.41) is 0. The highest BCUT2D eigenvalue weighted by Crippen LogP contribution is 2.28. The van der Waals surface area contributed by atoms with Crippen LogP contribution in [0.15, 0.2) is 24.3 Å². The van der Waals surface area contributed by atoms with Gasteiger partial charge in [0.2, 0.25) is 0 Å². The normalized spacial score (nSPS) is 17.6. The van der Waals surface area contributed by atoms with E-state index in [1.165, 1.54) is 18.4 Å². The third-order valence-electron chi connectivity index (χ3n) is 3.58. The fourth-order valence-electron chi connectivity index (χ4n) is 1.91. The number of ether oxygens (including phenoxy) is 1. The van der Waals surface area contributed by atoms with E-state index in [2.05, 4.69) is 39.0 Å². The quantitative estimate of drug-likeness (QED) is 0.864. The van der Waals surface area contributed by atoms with Crippen molar-refractivity contribution in [2.24, 2.45) is 11.1 Å². The zero-order valence-corrected chi connectivity index (χ0v) is 11.8. The van der Waals surface area contributed by atoms with Gasteiger partial charge in [-0.25, -0.2) is 0 Å². The molecule has 1 fully saturated rings. The highest BCUT2D eigenvalue weighted by atomic mass is 16.5. The third-order valence-corrected chi connectivity index (χ3v) is 3.58.